The van der Waals surface area contributed by atoms with Gasteiger partial charge in [0.25, 0.3) is 5.89 Å². The topological polar surface area (TPSA) is 126 Å². The third-order valence-corrected chi connectivity index (χ3v) is 6.23. The maximum absolute atomic E-state index is 12.6. The fourth-order valence-electron chi connectivity index (χ4n) is 4.37. The van der Waals surface area contributed by atoms with Crippen molar-refractivity contribution in [1.29, 1.82) is 0 Å². The predicted molar refractivity (Wildman–Crippen MR) is 144 cm³/mol. The van der Waals surface area contributed by atoms with Crippen LogP contribution in [0, 0.1) is 6.92 Å². The van der Waals surface area contributed by atoms with Gasteiger partial charge in [-0.15, -0.1) is 0 Å². The van der Waals surface area contributed by atoms with Crippen molar-refractivity contribution in [2.75, 3.05) is 27.7 Å². The van der Waals surface area contributed by atoms with Crippen molar-refractivity contribution in [3.8, 4) is 17.0 Å². The molecule has 4 rings (SSSR count). The summed E-state index contributed by atoms with van der Waals surface area (Å²) in [5.74, 6) is 1.33. The highest BCUT2D eigenvalue weighted by molar-refractivity contribution is 5.91. The van der Waals surface area contributed by atoms with E-state index < -0.39 is 0 Å². The fourth-order valence-corrected chi connectivity index (χ4v) is 4.37. The van der Waals surface area contributed by atoms with E-state index in [1.54, 1.807) is 13.3 Å². The molecule has 0 fully saturated rings. The summed E-state index contributed by atoms with van der Waals surface area (Å²) in [4.78, 5) is 43.1. The van der Waals surface area contributed by atoms with Crippen molar-refractivity contribution in [3.63, 3.8) is 0 Å². The number of hydrogen-bond acceptors (Lipinski definition) is 8. The molecule has 1 unspecified atom stereocenters. The first-order valence-corrected chi connectivity index (χ1v) is 12.7. The monoisotopic (exact) mass is 518 g/mol. The van der Waals surface area contributed by atoms with Gasteiger partial charge in [0.2, 0.25) is 11.7 Å². The number of amides is 1. The van der Waals surface area contributed by atoms with Crippen LogP contribution in [0.25, 0.3) is 22.2 Å². The van der Waals surface area contributed by atoms with Gasteiger partial charge in [-0.1, -0.05) is 18.9 Å². The van der Waals surface area contributed by atoms with Crippen LogP contribution in [-0.2, 0) is 4.79 Å². The van der Waals surface area contributed by atoms with Gasteiger partial charge in [-0.3, -0.25) is 14.6 Å². The Kier molecular flexibility index (Phi) is 8.85. The number of nitrogens with zero attached hydrogens (tertiary/aromatic N) is 4. The van der Waals surface area contributed by atoms with E-state index in [1.165, 1.54) is 12.5 Å². The van der Waals surface area contributed by atoms with E-state index in [0.29, 0.717) is 30.8 Å². The maximum Gasteiger partial charge on any atom is 0.263 e. The number of ether oxygens (including phenoxy) is 1. The molecular formula is C28H34N6O4. The van der Waals surface area contributed by atoms with Crippen LogP contribution in [-0.4, -0.2) is 64.3 Å². The highest BCUT2D eigenvalue weighted by atomic mass is 16.5. The number of rotatable bonds is 13. The Bertz CT molecular complexity index is 1380. The standard InChI is InChI=1S/C28H34N6O4/c1-18-10-11-19-14-20(25(37-4)15-22(19)31-18)23-16-30-27(33-23)21(32-26(36)17-34(2)3)8-6-5-7-9-24(35)28-29-12-13-38-28/h10-16,21H,5-9,17H2,1-4H3,(H,30,33)(H,32,36). The second kappa shape index (κ2) is 12.5. The molecular weight excluding hydrogens is 484 g/mol. The zero-order valence-electron chi connectivity index (χ0n) is 22.3. The molecule has 0 radical (unpaired) electrons. The third-order valence-electron chi connectivity index (χ3n) is 6.23. The Labute approximate surface area is 221 Å². The highest BCUT2D eigenvalue weighted by Crippen LogP contribution is 2.33. The number of oxazole rings is 1. The zero-order chi connectivity index (χ0) is 27.1. The lowest BCUT2D eigenvalue weighted by atomic mass is 10.0. The van der Waals surface area contributed by atoms with Crippen LogP contribution in [0.15, 0.2) is 47.3 Å². The van der Waals surface area contributed by atoms with Gasteiger partial charge in [-0.2, -0.15) is 0 Å². The first-order chi connectivity index (χ1) is 18.3. The number of H-pyrrole nitrogens is 1. The number of aromatic amines is 1. The van der Waals surface area contributed by atoms with E-state index in [-0.39, 0.29) is 30.2 Å². The van der Waals surface area contributed by atoms with Crippen LogP contribution in [0.5, 0.6) is 5.75 Å². The number of aromatic nitrogens is 4. The molecule has 1 atom stereocenters. The van der Waals surface area contributed by atoms with Crippen molar-refractivity contribution in [2.45, 2.75) is 45.1 Å². The smallest absolute Gasteiger partial charge is 0.263 e. The van der Waals surface area contributed by atoms with Crippen molar-refractivity contribution in [1.82, 2.24) is 30.2 Å². The van der Waals surface area contributed by atoms with Gasteiger partial charge in [0, 0.05) is 29.1 Å². The van der Waals surface area contributed by atoms with Gasteiger partial charge >= 0.3 is 0 Å². The molecule has 0 aliphatic heterocycles. The Morgan fingerprint density at radius 2 is 2.00 bits per heavy atom. The van der Waals surface area contributed by atoms with Crippen molar-refractivity contribution in [3.05, 3.63) is 60.3 Å². The number of unbranched alkanes of at least 4 members (excludes halogenated alkanes) is 2. The van der Waals surface area contributed by atoms with Gasteiger partial charge in [0.1, 0.15) is 17.8 Å². The first-order valence-electron chi connectivity index (χ1n) is 12.7. The SMILES string of the molecule is COc1cc2nc(C)ccc2cc1-c1cnc(C(CCCCCC(=O)c2ncco2)NC(=O)CN(C)C)[nH]1. The minimum Gasteiger partial charge on any atom is -0.496 e. The molecule has 0 spiro atoms. The van der Waals surface area contributed by atoms with E-state index in [9.17, 15) is 9.59 Å². The molecule has 4 aromatic rings. The summed E-state index contributed by atoms with van der Waals surface area (Å²) in [7, 11) is 5.34. The quantitative estimate of drug-likeness (QED) is 0.196. The largest absolute Gasteiger partial charge is 0.496 e. The van der Waals surface area contributed by atoms with Crippen molar-refractivity contribution in [2.24, 2.45) is 0 Å². The van der Waals surface area contributed by atoms with Gasteiger partial charge < -0.3 is 24.4 Å². The summed E-state index contributed by atoms with van der Waals surface area (Å²) in [5.41, 5.74) is 3.46. The number of Topliss-reactive ketones (excluding diaryl/α,β-unsaturated/α-hetero) is 1. The summed E-state index contributed by atoms with van der Waals surface area (Å²) in [6.07, 6.45) is 8.04. The van der Waals surface area contributed by atoms with E-state index >= 15 is 0 Å². The molecule has 3 heterocycles. The number of likely N-dealkylation sites (N-methyl/N-ethyl adjacent to an activating group) is 1. The molecule has 0 saturated carbocycles. The lowest BCUT2D eigenvalue weighted by Gasteiger charge is -2.18. The first kappa shape index (κ1) is 27.0. The molecule has 10 heteroatoms. The normalized spacial score (nSPS) is 12.1. The number of fused-ring (bicyclic) bond motifs is 1. The zero-order valence-corrected chi connectivity index (χ0v) is 22.3. The molecule has 200 valence electrons. The number of nitrogens with one attached hydrogen (secondary N) is 2. The molecule has 2 N–H and O–H groups in total. The fraction of sp³-hybridized carbons (Fsp3) is 0.393. The van der Waals surface area contributed by atoms with E-state index in [1.807, 2.05) is 50.2 Å². The average Bonchev–Trinajstić information content (AvgIpc) is 3.59. The average molecular weight is 519 g/mol. The number of benzene rings is 1. The van der Waals surface area contributed by atoms with Crippen molar-refractivity contribution < 1.29 is 18.7 Å². The number of carbonyl (C=O) groups is 2. The summed E-state index contributed by atoms with van der Waals surface area (Å²) in [5, 5.41) is 4.11. The lowest BCUT2D eigenvalue weighted by molar-refractivity contribution is -0.122. The molecule has 38 heavy (non-hydrogen) atoms. The van der Waals surface area contributed by atoms with Crippen molar-refractivity contribution >= 4 is 22.6 Å². The van der Waals surface area contributed by atoms with Crippen LogP contribution < -0.4 is 10.1 Å². The van der Waals surface area contributed by atoms with Gasteiger partial charge in [-0.05, 0) is 46.0 Å². The molecule has 3 aromatic heterocycles. The van der Waals surface area contributed by atoms with Crippen LogP contribution in [0.1, 0.15) is 60.3 Å². The number of ketones is 1. The molecule has 10 nitrogen and oxygen atoms in total. The van der Waals surface area contributed by atoms with Gasteiger partial charge in [0.15, 0.2) is 0 Å². The minimum absolute atomic E-state index is 0.0817. The second-order valence-electron chi connectivity index (χ2n) is 9.60. The van der Waals surface area contributed by atoms with Crippen LogP contribution in [0.2, 0.25) is 0 Å². The molecule has 0 aliphatic rings. The van der Waals surface area contributed by atoms with Gasteiger partial charge in [0.05, 0.1) is 43.3 Å². The Hall–Kier alpha value is -4.05. The van der Waals surface area contributed by atoms with Crippen LogP contribution in [0.4, 0.5) is 0 Å². The Morgan fingerprint density at radius 3 is 2.74 bits per heavy atom. The summed E-state index contributed by atoms with van der Waals surface area (Å²) < 4.78 is 10.7. The summed E-state index contributed by atoms with van der Waals surface area (Å²) in [6.45, 7) is 2.24. The second-order valence-corrected chi connectivity index (χ2v) is 9.60. The number of hydrogen-bond donors (Lipinski definition) is 2. The van der Waals surface area contributed by atoms with Gasteiger partial charge in [-0.25, -0.2) is 9.97 Å². The minimum atomic E-state index is -0.297. The predicted octanol–water partition coefficient (Wildman–Crippen LogP) is 4.48. The van der Waals surface area contributed by atoms with E-state index in [2.05, 4.69) is 25.3 Å². The molecule has 0 aliphatic carbocycles. The Balaban J connectivity index is 1.47. The van der Waals surface area contributed by atoms with Crippen LogP contribution in [0.3, 0.4) is 0 Å². The Morgan fingerprint density at radius 1 is 1.16 bits per heavy atom. The number of imidazole rings is 1. The number of pyridine rings is 1. The molecule has 1 amide bonds. The summed E-state index contributed by atoms with van der Waals surface area (Å²) >= 11 is 0. The number of methoxy groups -OCH3 is 1. The molecule has 1 aromatic carbocycles. The van der Waals surface area contributed by atoms with Crippen LogP contribution >= 0.6 is 0 Å². The molecule has 0 bridgehead atoms. The van der Waals surface area contributed by atoms with E-state index in [0.717, 1.165) is 40.7 Å². The summed E-state index contributed by atoms with van der Waals surface area (Å²) in [6, 6.07) is 7.67. The maximum atomic E-state index is 12.6. The molecule has 0 saturated heterocycles. The third kappa shape index (κ3) is 6.83. The lowest BCUT2D eigenvalue weighted by Crippen LogP contribution is -2.36. The number of aryl methyl sites for hydroxylation is 1. The highest BCUT2D eigenvalue weighted by Gasteiger charge is 2.20. The van der Waals surface area contributed by atoms with E-state index in [4.69, 9.17) is 9.15 Å². The number of carbonyl (C=O) groups excluding carboxylic acids is 2.